The van der Waals surface area contributed by atoms with Gasteiger partial charge in [0.15, 0.2) is 0 Å². The van der Waals surface area contributed by atoms with E-state index in [1.165, 1.54) is 49.3 Å². The Kier molecular flexibility index (Phi) is 10.5. The van der Waals surface area contributed by atoms with Gasteiger partial charge in [0.1, 0.15) is 18.3 Å². The summed E-state index contributed by atoms with van der Waals surface area (Å²) in [6, 6.07) is 14.2. The van der Waals surface area contributed by atoms with Gasteiger partial charge in [-0.3, -0.25) is 24.0 Å². The Morgan fingerprint density at radius 1 is 1.10 bits per heavy atom. The Morgan fingerprint density at radius 2 is 1.81 bits per heavy atom. The molecule has 11 nitrogen and oxygen atoms in total. The fraction of sp³-hybridized carbons (Fsp3) is 0.310. The van der Waals surface area contributed by atoms with Crippen LogP contribution in [0.2, 0.25) is 5.02 Å². The monoisotopic (exact) mass is 616 g/mol. The number of sulfonamides is 1. The molecule has 0 aliphatic heterocycles. The van der Waals surface area contributed by atoms with Gasteiger partial charge in [-0.2, -0.15) is 0 Å². The van der Waals surface area contributed by atoms with Gasteiger partial charge in [0.05, 0.1) is 22.6 Å². The third-order valence-corrected chi connectivity index (χ3v) is 8.60. The van der Waals surface area contributed by atoms with Crippen LogP contribution in [-0.4, -0.2) is 56.3 Å². The molecule has 0 heterocycles. The van der Waals surface area contributed by atoms with E-state index in [0.29, 0.717) is 6.54 Å². The van der Waals surface area contributed by atoms with Crippen LogP contribution in [0.3, 0.4) is 0 Å². The second-order valence-electron chi connectivity index (χ2n) is 9.61. The van der Waals surface area contributed by atoms with Gasteiger partial charge in [0.2, 0.25) is 11.8 Å². The first kappa shape index (κ1) is 32.4. The quantitative estimate of drug-likeness (QED) is 0.231. The molecule has 224 valence electrons. The summed E-state index contributed by atoms with van der Waals surface area (Å²) in [6.45, 7) is 6.29. The predicted octanol–water partition coefficient (Wildman–Crippen LogP) is 4.62. The number of nitro groups is 1. The number of nitro benzene ring substituents is 1. The van der Waals surface area contributed by atoms with E-state index < -0.39 is 49.9 Å². The zero-order chi connectivity index (χ0) is 31.2. The van der Waals surface area contributed by atoms with Crippen LogP contribution < -0.4 is 14.4 Å². The number of hydrogen-bond donors (Lipinski definition) is 1. The highest BCUT2D eigenvalue weighted by Gasteiger charge is 2.34. The molecule has 0 saturated carbocycles. The summed E-state index contributed by atoms with van der Waals surface area (Å²) in [5.74, 6) is -1.01. The normalized spacial score (nSPS) is 11.9. The summed E-state index contributed by atoms with van der Waals surface area (Å²) in [6.07, 6.45) is 0. The number of rotatable bonds is 12. The lowest BCUT2D eigenvalue weighted by molar-refractivity contribution is -0.385. The van der Waals surface area contributed by atoms with Crippen LogP contribution in [-0.2, 0) is 26.2 Å². The van der Waals surface area contributed by atoms with Crippen molar-refractivity contribution in [2.75, 3.05) is 24.5 Å². The topological polar surface area (TPSA) is 139 Å². The molecule has 0 aromatic heterocycles. The van der Waals surface area contributed by atoms with Crippen molar-refractivity contribution >= 4 is 44.8 Å². The van der Waals surface area contributed by atoms with Crippen molar-refractivity contribution in [3.63, 3.8) is 0 Å². The van der Waals surface area contributed by atoms with E-state index in [1.807, 2.05) is 25.1 Å². The van der Waals surface area contributed by atoms with Crippen LogP contribution in [0.15, 0.2) is 65.6 Å². The Morgan fingerprint density at radius 3 is 2.43 bits per heavy atom. The van der Waals surface area contributed by atoms with Crippen molar-refractivity contribution in [3.8, 4) is 5.75 Å². The lowest BCUT2D eigenvalue weighted by atomic mass is 10.1. The summed E-state index contributed by atoms with van der Waals surface area (Å²) < 4.78 is 34.4. The molecule has 0 aliphatic carbocycles. The number of nitrogens with zero attached hydrogens (tertiary/aromatic N) is 3. The molecular formula is C29H33ClN4O7S. The Hall–Kier alpha value is -4.16. The molecular weight excluding hydrogens is 584 g/mol. The maximum atomic E-state index is 14.1. The number of halogens is 1. The number of methoxy groups -OCH3 is 1. The highest BCUT2D eigenvalue weighted by Crippen LogP contribution is 2.36. The van der Waals surface area contributed by atoms with Crippen LogP contribution in [0.1, 0.15) is 30.5 Å². The molecule has 3 rings (SSSR count). The first-order valence-corrected chi connectivity index (χ1v) is 14.9. The van der Waals surface area contributed by atoms with Crippen molar-refractivity contribution in [2.24, 2.45) is 0 Å². The van der Waals surface area contributed by atoms with Crippen molar-refractivity contribution in [3.05, 3.63) is 92.5 Å². The summed E-state index contributed by atoms with van der Waals surface area (Å²) in [5, 5.41) is 14.5. The maximum absolute atomic E-state index is 14.1. The molecule has 1 N–H and O–H groups in total. The smallest absolute Gasteiger partial charge is 0.273 e. The van der Waals surface area contributed by atoms with E-state index >= 15 is 0 Å². The first-order valence-electron chi connectivity index (χ1n) is 13.0. The van der Waals surface area contributed by atoms with Crippen LogP contribution in [0, 0.1) is 24.0 Å². The molecule has 0 bridgehead atoms. The number of likely N-dealkylation sites (N-methyl/N-ethyl adjacent to an activating group) is 1. The SMILES string of the molecule is CCNC(=O)C(C)N(Cc1cccc(C)c1)C(=O)CN(c1cc(Cl)ccc1OC)S(=O)(=O)c1ccc(C)c([N+](=O)[O-])c1. The van der Waals surface area contributed by atoms with Crippen molar-refractivity contribution in [1.82, 2.24) is 10.2 Å². The van der Waals surface area contributed by atoms with Crippen LogP contribution in [0.4, 0.5) is 11.4 Å². The second-order valence-corrected chi connectivity index (χ2v) is 11.9. The van der Waals surface area contributed by atoms with E-state index in [2.05, 4.69) is 5.32 Å². The highest BCUT2D eigenvalue weighted by molar-refractivity contribution is 7.92. The number of ether oxygens (including phenoxy) is 1. The maximum Gasteiger partial charge on any atom is 0.273 e. The van der Waals surface area contributed by atoms with Gasteiger partial charge < -0.3 is 15.0 Å². The van der Waals surface area contributed by atoms with Gasteiger partial charge in [-0.1, -0.05) is 47.5 Å². The number of nitrogens with one attached hydrogen (secondary N) is 1. The van der Waals surface area contributed by atoms with Crippen LogP contribution in [0.5, 0.6) is 5.75 Å². The van der Waals surface area contributed by atoms with E-state index in [1.54, 1.807) is 19.9 Å². The van der Waals surface area contributed by atoms with E-state index in [-0.39, 0.29) is 28.6 Å². The molecule has 0 spiro atoms. The molecule has 1 unspecified atom stereocenters. The Bertz CT molecular complexity index is 1600. The fourth-order valence-electron chi connectivity index (χ4n) is 4.36. The standard InChI is InChI=1S/C29H33ClN4O7S/c1-6-31-29(36)21(4)32(17-22-9-7-8-19(2)14-22)28(35)18-33(26-15-23(30)11-13-27(26)41-5)42(39,40)24-12-10-20(3)25(16-24)34(37)38/h7-16,21H,6,17-18H2,1-5H3,(H,31,36). The summed E-state index contributed by atoms with van der Waals surface area (Å²) >= 11 is 6.23. The Balaban J connectivity index is 2.17. The average Bonchev–Trinajstić information content (AvgIpc) is 2.94. The molecule has 0 aliphatic rings. The molecule has 3 aromatic rings. The third kappa shape index (κ3) is 7.37. The van der Waals surface area contributed by atoms with Crippen molar-refractivity contribution < 1.29 is 27.7 Å². The van der Waals surface area contributed by atoms with E-state index in [9.17, 15) is 28.1 Å². The van der Waals surface area contributed by atoms with Gasteiger partial charge in [-0.25, -0.2) is 8.42 Å². The minimum atomic E-state index is -4.60. The number of aryl methyl sites for hydroxylation is 2. The number of amides is 2. The molecule has 13 heteroatoms. The molecule has 3 aromatic carbocycles. The minimum absolute atomic E-state index is 0.0232. The molecule has 42 heavy (non-hydrogen) atoms. The van der Waals surface area contributed by atoms with Gasteiger partial charge in [-0.05, 0) is 57.5 Å². The average molecular weight is 617 g/mol. The van der Waals surface area contributed by atoms with Crippen molar-refractivity contribution in [1.29, 1.82) is 0 Å². The Labute approximate surface area is 250 Å². The van der Waals surface area contributed by atoms with Gasteiger partial charge >= 0.3 is 0 Å². The van der Waals surface area contributed by atoms with Crippen molar-refractivity contribution in [2.45, 2.75) is 45.2 Å². The number of carbonyl (C=O) groups is 2. The first-order chi connectivity index (χ1) is 19.8. The lowest BCUT2D eigenvalue weighted by Crippen LogP contribution is -2.51. The van der Waals surface area contributed by atoms with E-state index in [4.69, 9.17) is 16.3 Å². The van der Waals surface area contributed by atoms with Crippen LogP contribution >= 0.6 is 11.6 Å². The van der Waals surface area contributed by atoms with E-state index in [0.717, 1.165) is 21.5 Å². The second kappa shape index (κ2) is 13.7. The van der Waals surface area contributed by atoms with Gasteiger partial charge in [-0.15, -0.1) is 0 Å². The number of hydrogen-bond acceptors (Lipinski definition) is 7. The zero-order valence-corrected chi connectivity index (χ0v) is 25.5. The summed E-state index contributed by atoms with van der Waals surface area (Å²) in [4.78, 5) is 38.7. The fourth-order valence-corrected chi connectivity index (χ4v) is 5.96. The van der Waals surface area contributed by atoms with Crippen LogP contribution in [0.25, 0.3) is 0 Å². The molecule has 0 saturated heterocycles. The summed E-state index contributed by atoms with van der Waals surface area (Å²) in [7, 11) is -3.27. The molecule has 1 atom stereocenters. The lowest BCUT2D eigenvalue weighted by Gasteiger charge is -2.32. The highest BCUT2D eigenvalue weighted by atomic mass is 35.5. The summed E-state index contributed by atoms with van der Waals surface area (Å²) in [5.41, 5.74) is 1.50. The molecule has 2 amide bonds. The number of carbonyl (C=O) groups excluding carboxylic acids is 2. The van der Waals surface area contributed by atoms with Gasteiger partial charge in [0.25, 0.3) is 15.7 Å². The van der Waals surface area contributed by atoms with Gasteiger partial charge in [0, 0.05) is 29.7 Å². The largest absolute Gasteiger partial charge is 0.495 e. The zero-order valence-electron chi connectivity index (χ0n) is 24.0. The minimum Gasteiger partial charge on any atom is -0.495 e. The third-order valence-electron chi connectivity index (χ3n) is 6.61. The molecule has 0 radical (unpaired) electrons. The molecule has 0 fully saturated rings. The number of anilines is 1. The number of benzene rings is 3. The predicted molar refractivity (Wildman–Crippen MR) is 160 cm³/mol.